The first-order chi connectivity index (χ1) is 17.9. The molecule has 1 heterocycles. The van der Waals surface area contributed by atoms with Gasteiger partial charge in [-0.3, -0.25) is 0 Å². The minimum Gasteiger partial charge on any atom is -0.496 e. The summed E-state index contributed by atoms with van der Waals surface area (Å²) >= 11 is 0. The number of nitriles is 1. The quantitative estimate of drug-likeness (QED) is 0.333. The molecule has 1 atom stereocenters. The largest absolute Gasteiger partial charge is 0.496 e. The third kappa shape index (κ3) is 5.31. The molecule has 0 aliphatic carbocycles. The van der Waals surface area contributed by atoms with Gasteiger partial charge in [0.1, 0.15) is 34.5 Å². The Bertz CT molecular complexity index is 1390. The fourth-order valence-electron chi connectivity index (χ4n) is 4.06. The van der Waals surface area contributed by atoms with Crippen molar-refractivity contribution in [1.82, 2.24) is 0 Å². The minimum absolute atomic E-state index is 0.0210. The Morgan fingerprint density at radius 1 is 1.03 bits per heavy atom. The standard InChI is InChI=1S/C29H28N2O6/c1-17(2)16-35-24-12-9-18(13-26(24)34-4)27-20-11-10-19(14-25(20)37-28(31)22(27)15-30)36-29(32)21-7-5-6-8-23(21)33-3/h5-14,17,27H,16,31H2,1-4H3. The van der Waals surface area contributed by atoms with Crippen LogP contribution in [0.4, 0.5) is 0 Å². The number of nitrogens with zero attached hydrogens (tertiary/aromatic N) is 1. The Morgan fingerprint density at radius 2 is 1.78 bits per heavy atom. The van der Waals surface area contributed by atoms with Crippen LogP contribution in [-0.4, -0.2) is 26.8 Å². The van der Waals surface area contributed by atoms with E-state index in [-0.39, 0.29) is 17.2 Å². The summed E-state index contributed by atoms with van der Waals surface area (Å²) in [6.07, 6.45) is 0. The van der Waals surface area contributed by atoms with Crippen molar-refractivity contribution in [2.45, 2.75) is 19.8 Å². The second-order valence-corrected chi connectivity index (χ2v) is 8.83. The van der Waals surface area contributed by atoms with Crippen molar-refractivity contribution < 1.29 is 28.5 Å². The third-order valence-corrected chi connectivity index (χ3v) is 5.82. The molecule has 3 aromatic carbocycles. The number of carbonyl (C=O) groups excluding carboxylic acids is 1. The van der Waals surface area contributed by atoms with E-state index in [1.807, 2.05) is 18.2 Å². The van der Waals surface area contributed by atoms with Crippen molar-refractivity contribution >= 4 is 5.97 Å². The van der Waals surface area contributed by atoms with Gasteiger partial charge >= 0.3 is 5.97 Å². The van der Waals surface area contributed by atoms with Gasteiger partial charge in [-0.15, -0.1) is 0 Å². The highest BCUT2D eigenvalue weighted by Gasteiger charge is 2.32. The lowest BCUT2D eigenvalue weighted by Gasteiger charge is -2.27. The fraction of sp³-hybridized carbons (Fsp3) is 0.241. The van der Waals surface area contributed by atoms with Gasteiger partial charge in [0, 0.05) is 11.6 Å². The predicted molar refractivity (Wildman–Crippen MR) is 137 cm³/mol. The van der Waals surface area contributed by atoms with Gasteiger partial charge in [0.25, 0.3) is 0 Å². The molecule has 0 saturated heterocycles. The highest BCUT2D eigenvalue weighted by molar-refractivity contribution is 5.94. The SMILES string of the molecule is COc1cc(C2C(C#N)=C(N)Oc3cc(OC(=O)c4ccccc4OC)ccc32)ccc1OCC(C)C. The fourth-order valence-corrected chi connectivity index (χ4v) is 4.06. The topological polar surface area (TPSA) is 113 Å². The molecule has 8 nitrogen and oxygen atoms in total. The Morgan fingerprint density at radius 3 is 2.49 bits per heavy atom. The number of rotatable bonds is 8. The lowest BCUT2D eigenvalue weighted by molar-refractivity contribution is 0.0731. The van der Waals surface area contributed by atoms with Crippen molar-refractivity contribution in [2.24, 2.45) is 11.7 Å². The Kier molecular flexibility index (Phi) is 7.54. The van der Waals surface area contributed by atoms with Crippen molar-refractivity contribution in [3.63, 3.8) is 0 Å². The van der Waals surface area contributed by atoms with E-state index >= 15 is 0 Å². The summed E-state index contributed by atoms with van der Waals surface area (Å²) in [5.74, 6) is 1.45. The highest BCUT2D eigenvalue weighted by atomic mass is 16.5. The van der Waals surface area contributed by atoms with E-state index in [0.29, 0.717) is 46.6 Å². The number of hydrogen-bond donors (Lipinski definition) is 1. The van der Waals surface area contributed by atoms with Crippen molar-refractivity contribution in [1.29, 1.82) is 5.26 Å². The maximum absolute atomic E-state index is 12.8. The first kappa shape index (κ1) is 25.5. The van der Waals surface area contributed by atoms with Gasteiger partial charge in [0.2, 0.25) is 5.88 Å². The molecular formula is C29H28N2O6. The van der Waals surface area contributed by atoms with E-state index in [1.54, 1.807) is 49.6 Å². The van der Waals surface area contributed by atoms with Crippen LogP contribution in [0.15, 0.2) is 72.1 Å². The summed E-state index contributed by atoms with van der Waals surface area (Å²) in [6.45, 7) is 4.67. The average molecular weight is 501 g/mol. The smallest absolute Gasteiger partial charge is 0.347 e. The zero-order valence-corrected chi connectivity index (χ0v) is 21.1. The number of para-hydroxylation sites is 1. The van der Waals surface area contributed by atoms with Gasteiger partial charge in [0.15, 0.2) is 11.5 Å². The molecule has 0 bridgehead atoms. The van der Waals surface area contributed by atoms with Gasteiger partial charge in [-0.2, -0.15) is 5.26 Å². The second kappa shape index (κ2) is 11.0. The van der Waals surface area contributed by atoms with Crippen LogP contribution in [0.25, 0.3) is 0 Å². The van der Waals surface area contributed by atoms with E-state index < -0.39 is 11.9 Å². The second-order valence-electron chi connectivity index (χ2n) is 8.83. The number of allylic oxidation sites excluding steroid dienone is 1. The first-order valence-electron chi connectivity index (χ1n) is 11.7. The molecule has 0 amide bonds. The molecule has 0 spiro atoms. The van der Waals surface area contributed by atoms with Crippen molar-refractivity contribution in [3.8, 4) is 34.8 Å². The number of carbonyl (C=O) groups is 1. The van der Waals surface area contributed by atoms with Gasteiger partial charge in [0.05, 0.1) is 26.7 Å². The molecule has 0 radical (unpaired) electrons. The summed E-state index contributed by atoms with van der Waals surface area (Å²) in [6, 6.07) is 19.5. The van der Waals surface area contributed by atoms with Gasteiger partial charge in [-0.25, -0.2) is 4.79 Å². The van der Waals surface area contributed by atoms with Crippen LogP contribution < -0.4 is 29.4 Å². The van der Waals surface area contributed by atoms with E-state index in [9.17, 15) is 10.1 Å². The number of ether oxygens (including phenoxy) is 5. The molecule has 8 heteroatoms. The maximum Gasteiger partial charge on any atom is 0.347 e. The Hall–Kier alpha value is -4.64. The summed E-state index contributed by atoms with van der Waals surface area (Å²) < 4.78 is 28.0. The average Bonchev–Trinajstić information content (AvgIpc) is 2.90. The Balaban J connectivity index is 1.68. The normalized spacial score (nSPS) is 14.3. The van der Waals surface area contributed by atoms with Crippen LogP contribution in [-0.2, 0) is 0 Å². The van der Waals surface area contributed by atoms with Crippen molar-refractivity contribution in [3.05, 3.63) is 88.8 Å². The molecule has 0 fully saturated rings. The predicted octanol–water partition coefficient (Wildman–Crippen LogP) is 5.18. The minimum atomic E-state index is -0.576. The molecule has 1 aliphatic rings. The van der Waals surface area contributed by atoms with Crippen LogP contribution in [0, 0.1) is 17.2 Å². The van der Waals surface area contributed by atoms with Crippen LogP contribution in [0.5, 0.6) is 28.7 Å². The molecule has 0 saturated carbocycles. The number of nitrogens with two attached hydrogens (primary N) is 1. The lowest BCUT2D eigenvalue weighted by atomic mass is 9.83. The van der Waals surface area contributed by atoms with Gasteiger partial charge in [-0.05, 0) is 41.8 Å². The summed E-state index contributed by atoms with van der Waals surface area (Å²) in [5.41, 5.74) is 8.18. The summed E-state index contributed by atoms with van der Waals surface area (Å²) in [5, 5.41) is 9.89. The number of hydrogen-bond acceptors (Lipinski definition) is 8. The molecule has 4 rings (SSSR count). The zero-order chi connectivity index (χ0) is 26.5. The summed E-state index contributed by atoms with van der Waals surface area (Å²) in [4.78, 5) is 12.8. The molecule has 3 aromatic rings. The molecule has 1 unspecified atom stereocenters. The number of methoxy groups -OCH3 is 2. The van der Waals surface area contributed by atoms with Crippen LogP contribution in [0.3, 0.4) is 0 Å². The highest BCUT2D eigenvalue weighted by Crippen LogP contribution is 2.45. The number of benzene rings is 3. The monoisotopic (exact) mass is 500 g/mol. The third-order valence-electron chi connectivity index (χ3n) is 5.82. The summed E-state index contributed by atoms with van der Waals surface area (Å²) in [7, 11) is 3.05. The molecule has 0 aromatic heterocycles. The van der Waals surface area contributed by atoms with E-state index in [1.165, 1.54) is 7.11 Å². The van der Waals surface area contributed by atoms with E-state index in [0.717, 1.165) is 5.56 Å². The van der Waals surface area contributed by atoms with Crippen LogP contribution in [0.2, 0.25) is 0 Å². The molecular weight excluding hydrogens is 472 g/mol. The number of esters is 1. The van der Waals surface area contributed by atoms with E-state index in [4.69, 9.17) is 29.4 Å². The zero-order valence-electron chi connectivity index (χ0n) is 21.1. The van der Waals surface area contributed by atoms with Crippen molar-refractivity contribution in [2.75, 3.05) is 20.8 Å². The maximum atomic E-state index is 12.8. The molecule has 2 N–H and O–H groups in total. The Labute approximate surface area is 215 Å². The molecule has 1 aliphatic heterocycles. The van der Waals surface area contributed by atoms with Gasteiger partial charge in [-0.1, -0.05) is 38.1 Å². The van der Waals surface area contributed by atoms with Crippen LogP contribution in [0.1, 0.15) is 41.3 Å². The van der Waals surface area contributed by atoms with E-state index in [2.05, 4.69) is 19.9 Å². The van der Waals surface area contributed by atoms with Gasteiger partial charge < -0.3 is 29.4 Å². The number of fused-ring (bicyclic) bond motifs is 1. The van der Waals surface area contributed by atoms with Crippen LogP contribution >= 0.6 is 0 Å². The molecule has 37 heavy (non-hydrogen) atoms. The molecule has 190 valence electrons. The first-order valence-corrected chi connectivity index (χ1v) is 11.7. The lowest BCUT2D eigenvalue weighted by Crippen LogP contribution is -2.21.